The third-order valence-corrected chi connectivity index (χ3v) is 3.23. The van der Waals surface area contributed by atoms with Crippen LogP contribution in [0.4, 0.5) is 4.79 Å². The molecule has 1 amide bonds. The summed E-state index contributed by atoms with van der Waals surface area (Å²) in [6.45, 7) is 4.16. The number of amides is 1. The highest BCUT2D eigenvalue weighted by atomic mass is 35.5. The molecule has 0 saturated carbocycles. The summed E-state index contributed by atoms with van der Waals surface area (Å²) >= 11 is 6.16. The third kappa shape index (κ3) is 3.27. The lowest BCUT2D eigenvalue weighted by Gasteiger charge is -2.15. The number of hydrogen-bond donors (Lipinski definition) is 2. The van der Waals surface area contributed by atoms with Crippen molar-refractivity contribution >= 4 is 17.7 Å². The molecule has 0 saturated heterocycles. The Hall–Kier alpha value is -1.42. The van der Waals surface area contributed by atoms with E-state index in [4.69, 9.17) is 21.4 Å². The van der Waals surface area contributed by atoms with Gasteiger partial charge < -0.3 is 15.2 Å². The van der Waals surface area contributed by atoms with Crippen LogP contribution in [0.15, 0.2) is 6.07 Å². The highest BCUT2D eigenvalue weighted by Crippen LogP contribution is 2.31. The number of ether oxygens (including phenoxy) is 1. The van der Waals surface area contributed by atoms with Gasteiger partial charge in [0.15, 0.2) is 0 Å². The standard InChI is InChI=1S/C12H16ClNO3/c1-7-6-10(17-3)9(8(2)11(7)13)4-5-14-12(15)16/h6,14H,4-5H2,1-3H3,(H,15,16). The van der Waals surface area contributed by atoms with Crippen LogP contribution in [0, 0.1) is 13.8 Å². The lowest BCUT2D eigenvalue weighted by Crippen LogP contribution is -2.23. The number of benzene rings is 1. The molecular formula is C12H16ClNO3. The lowest BCUT2D eigenvalue weighted by molar-refractivity contribution is 0.194. The fourth-order valence-electron chi connectivity index (χ4n) is 1.75. The fraction of sp³-hybridized carbons (Fsp3) is 0.417. The molecule has 0 heterocycles. The zero-order valence-corrected chi connectivity index (χ0v) is 10.9. The van der Waals surface area contributed by atoms with Crippen LogP contribution in [0.5, 0.6) is 5.75 Å². The average Bonchev–Trinajstić information content (AvgIpc) is 2.28. The summed E-state index contributed by atoms with van der Waals surface area (Å²) < 4.78 is 5.29. The van der Waals surface area contributed by atoms with E-state index in [-0.39, 0.29) is 0 Å². The highest BCUT2D eigenvalue weighted by molar-refractivity contribution is 6.32. The van der Waals surface area contributed by atoms with Crippen LogP contribution in [0.25, 0.3) is 0 Å². The van der Waals surface area contributed by atoms with Gasteiger partial charge in [0.05, 0.1) is 7.11 Å². The molecule has 0 atom stereocenters. The number of methoxy groups -OCH3 is 1. The number of nitrogens with one attached hydrogen (secondary N) is 1. The van der Waals surface area contributed by atoms with Gasteiger partial charge in [-0.15, -0.1) is 0 Å². The first-order chi connectivity index (χ1) is 7.97. The third-order valence-electron chi connectivity index (χ3n) is 2.64. The molecule has 0 bridgehead atoms. The van der Waals surface area contributed by atoms with E-state index in [1.165, 1.54) is 0 Å². The fourth-order valence-corrected chi connectivity index (χ4v) is 1.92. The molecule has 5 heteroatoms. The van der Waals surface area contributed by atoms with Gasteiger partial charge in [-0.25, -0.2) is 4.79 Å². The van der Waals surface area contributed by atoms with Gasteiger partial charge in [-0.1, -0.05) is 11.6 Å². The number of halogens is 1. The molecule has 1 aromatic rings. The quantitative estimate of drug-likeness (QED) is 0.872. The van der Waals surface area contributed by atoms with Crippen LogP contribution in [0.2, 0.25) is 5.02 Å². The SMILES string of the molecule is COc1cc(C)c(Cl)c(C)c1CCNC(=O)O. The molecule has 17 heavy (non-hydrogen) atoms. The first-order valence-electron chi connectivity index (χ1n) is 5.26. The van der Waals surface area contributed by atoms with Gasteiger partial charge in [-0.2, -0.15) is 0 Å². The van der Waals surface area contributed by atoms with Crippen LogP contribution >= 0.6 is 11.6 Å². The number of carbonyl (C=O) groups is 1. The second-order valence-corrected chi connectivity index (χ2v) is 4.17. The summed E-state index contributed by atoms with van der Waals surface area (Å²) in [5.41, 5.74) is 2.84. The summed E-state index contributed by atoms with van der Waals surface area (Å²) in [6, 6.07) is 1.87. The molecule has 0 spiro atoms. The second-order valence-electron chi connectivity index (χ2n) is 3.80. The van der Waals surface area contributed by atoms with E-state index >= 15 is 0 Å². The predicted molar refractivity (Wildman–Crippen MR) is 67.2 cm³/mol. The van der Waals surface area contributed by atoms with E-state index in [1.54, 1.807) is 7.11 Å². The molecule has 0 fully saturated rings. The minimum absolute atomic E-state index is 0.339. The van der Waals surface area contributed by atoms with Gasteiger partial charge in [0.1, 0.15) is 5.75 Å². The Bertz CT molecular complexity index is 432. The van der Waals surface area contributed by atoms with Crippen LogP contribution < -0.4 is 10.1 Å². The Morgan fingerprint density at radius 2 is 2.18 bits per heavy atom. The molecule has 94 valence electrons. The van der Waals surface area contributed by atoms with Crippen LogP contribution in [-0.2, 0) is 6.42 Å². The number of carboxylic acid groups (broad SMARTS) is 1. The Labute approximate surface area is 106 Å². The average molecular weight is 258 g/mol. The molecule has 0 aliphatic carbocycles. The van der Waals surface area contributed by atoms with Crippen molar-refractivity contribution in [3.05, 3.63) is 27.8 Å². The van der Waals surface area contributed by atoms with Crippen molar-refractivity contribution in [1.82, 2.24) is 5.32 Å². The Balaban J connectivity index is 2.96. The first-order valence-corrected chi connectivity index (χ1v) is 5.64. The van der Waals surface area contributed by atoms with Crippen LogP contribution in [0.1, 0.15) is 16.7 Å². The van der Waals surface area contributed by atoms with Crippen molar-refractivity contribution in [3.8, 4) is 5.75 Å². The maximum Gasteiger partial charge on any atom is 0.404 e. The van der Waals surface area contributed by atoms with E-state index in [1.807, 2.05) is 19.9 Å². The van der Waals surface area contributed by atoms with Crippen molar-refractivity contribution in [1.29, 1.82) is 0 Å². The number of rotatable bonds is 4. The summed E-state index contributed by atoms with van der Waals surface area (Å²) in [5.74, 6) is 0.747. The zero-order valence-electron chi connectivity index (χ0n) is 10.1. The lowest BCUT2D eigenvalue weighted by atomic mass is 10.0. The van der Waals surface area contributed by atoms with E-state index in [0.29, 0.717) is 18.0 Å². The zero-order chi connectivity index (χ0) is 13.0. The van der Waals surface area contributed by atoms with Crippen molar-refractivity contribution in [2.45, 2.75) is 20.3 Å². The largest absolute Gasteiger partial charge is 0.496 e. The van der Waals surface area contributed by atoms with E-state index in [0.717, 1.165) is 22.4 Å². The molecule has 0 aliphatic rings. The Morgan fingerprint density at radius 3 is 2.71 bits per heavy atom. The van der Waals surface area contributed by atoms with Crippen molar-refractivity contribution in [3.63, 3.8) is 0 Å². The molecule has 0 unspecified atom stereocenters. The van der Waals surface area contributed by atoms with Gasteiger partial charge in [0.25, 0.3) is 0 Å². The van der Waals surface area contributed by atoms with Crippen molar-refractivity contribution in [2.24, 2.45) is 0 Å². The van der Waals surface area contributed by atoms with Gasteiger partial charge in [-0.3, -0.25) is 0 Å². The molecule has 0 aromatic heterocycles. The molecule has 0 radical (unpaired) electrons. The second kappa shape index (κ2) is 5.77. The van der Waals surface area contributed by atoms with Gasteiger partial charge >= 0.3 is 6.09 Å². The summed E-state index contributed by atoms with van der Waals surface area (Å²) in [4.78, 5) is 10.4. The first kappa shape index (κ1) is 13.6. The van der Waals surface area contributed by atoms with E-state index < -0.39 is 6.09 Å². The highest BCUT2D eigenvalue weighted by Gasteiger charge is 2.12. The van der Waals surface area contributed by atoms with Gasteiger partial charge in [-0.05, 0) is 37.5 Å². The molecule has 1 aromatic carbocycles. The molecule has 0 aliphatic heterocycles. The summed E-state index contributed by atoms with van der Waals surface area (Å²) in [6.07, 6.45) is -0.471. The molecule has 2 N–H and O–H groups in total. The summed E-state index contributed by atoms with van der Waals surface area (Å²) in [7, 11) is 1.59. The van der Waals surface area contributed by atoms with E-state index in [9.17, 15) is 4.79 Å². The summed E-state index contributed by atoms with van der Waals surface area (Å²) in [5, 5.41) is 11.5. The van der Waals surface area contributed by atoms with Gasteiger partial charge in [0, 0.05) is 17.1 Å². The maximum absolute atomic E-state index is 10.4. The number of aryl methyl sites for hydroxylation is 1. The minimum Gasteiger partial charge on any atom is -0.496 e. The Kier molecular flexibility index (Phi) is 4.63. The molecule has 1 rings (SSSR count). The monoisotopic (exact) mass is 257 g/mol. The predicted octanol–water partition coefficient (Wildman–Crippen LogP) is 2.78. The van der Waals surface area contributed by atoms with Crippen LogP contribution in [-0.4, -0.2) is 24.9 Å². The topological polar surface area (TPSA) is 58.6 Å². The van der Waals surface area contributed by atoms with Crippen molar-refractivity contribution in [2.75, 3.05) is 13.7 Å². The molecule has 4 nitrogen and oxygen atoms in total. The maximum atomic E-state index is 10.4. The van der Waals surface area contributed by atoms with E-state index in [2.05, 4.69) is 5.32 Å². The van der Waals surface area contributed by atoms with Gasteiger partial charge in [0.2, 0.25) is 0 Å². The smallest absolute Gasteiger partial charge is 0.404 e. The Morgan fingerprint density at radius 1 is 1.53 bits per heavy atom. The van der Waals surface area contributed by atoms with Crippen molar-refractivity contribution < 1.29 is 14.6 Å². The minimum atomic E-state index is -1.03. The van der Waals surface area contributed by atoms with Crippen LogP contribution in [0.3, 0.4) is 0 Å². The number of hydrogen-bond acceptors (Lipinski definition) is 2. The molecular weight excluding hydrogens is 242 g/mol. The normalized spacial score (nSPS) is 10.1.